The highest BCUT2D eigenvalue weighted by Crippen LogP contribution is 2.25. The van der Waals surface area contributed by atoms with Gasteiger partial charge in [0.25, 0.3) is 0 Å². The summed E-state index contributed by atoms with van der Waals surface area (Å²) in [6.45, 7) is 0.672. The average molecular weight is 346 g/mol. The van der Waals surface area contributed by atoms with E-state index in [1.54, 1.807) is 17.7 Å². The van der Waals surface area contributed by atoms with E-state index in [1.165, 1.54) is 5.56 Å². The van der Waals surface area contributed by atoms with E-state index >= 15 is 0 Å². The normalized spacial score (nSPS) is 11.0. The highest BCUT2D eigenvalue weighted by molar-refractivity contribution is 9.11. The second kappa shape index (κ2) is 4.83. The van der Waals surface area contributed by atoms with Gasteiger partial charge in [-0.1, -0.05) is 4.98 Å². The molecule has 0 spiro atoms. The zero-order valence-corrected chi connectivity index (χ0v) is 12.2. The minimum absolute atomic E-state index is 0.213. The van der Waals surface area contributed by atoms with Crippen molar-refractivity contribution in [1.29, 1.82) is 0 Å². The number of aromatic amines is 2. The standard InChI is InChI=1S/C10H7BrClN5S/c11-7-5(1-2-18-7)3-13-8-6-9(15-4-14-6)17-10(12)16-8/h1-2,4H,3H2,(H2,13,14,15,16,17)/p+1. The topological polar surface area (TPSA) is 67.7 Å². The van der Waals surface area contributed by atoms with Gasteiger partial charge >= 0.3 is 10.9 Å². The van der Waals surface area contributed by atoms with Gasteiger partial charge in [-0.15, -0.1) is 11.3 Å². The summed E-state index contributed by atoms with van der Waals surface area (Å²) >= 11 is 11.0. The first-order valence-corrected chi connectivity index (χ1v) is 7.17. The molecule has 0 aliphatic rings. The van der Waals surface area contributed by atoms with Crippen molar-refractivity contribution in [3.63, 3.8) is 0 Å². The van der Waals surface area contributed by atoms with Crippen molar-refractivity contribution in [2.45, 2.75) is 6.54 Å². The molecule has 0 aliphatic carbocycles. The number of anilines is 1. The van der Waals surface area contributed by atoms with E-state index in [0.717, 1.165) is 9.30 Å². The maximum absolute atomic E-state index is 5.87. The summed E-state index contributed by atoms with van der Waals surface area (Å²) in [4.78, 5) is 14.3. The summed E-state index contributed by atoms with van der Waals surface area (Å²) in [5, 5.41) is 5.49. The molecule has 0 radical (unpaired) electrons. The molecular weight excluding hydrogens is 338 g/mol. The predicted octanol–water partition coefficient (Wildman–Crippen LogP) is 2.86. The molecule has 8 heteroatoms. The molecule has 0 saturated carbocycles. The van der Waals surface area contributed by atoms with Crippen LogP contribution in [0.1, 0.15) is 5.56 Å². The van der Waals surface area contributed by atoms with Gasteiger partial charge in [-0.25, -0.2) is 4.98 Å². The number of halogens is 2. The zero-order valence-electron chi connectivity index (χ0n) is 9.00. The number of hydrogen-bond acceptors (Lipinski definition) is 4. The summed E-state index contributed by atoms with van der Waals surface area (Å²) < 4.78 is 1.12. The van der Waals surface area contributed by atoms with Gasteiger partial charge < -0.3 is 5.32 Å². The van der Waals surface area contributed by atoms with Gasteiger partial charge in [0.2, 0.25) is 5.52 Å². The van der Waals surface area contributed by atoms with Crippen molar-refractivity contribution in [2.24, 2.45) is 0 Å². The molecule has 0 saturated heterocycles. The number of imidazole rings is 1. The third kappa shape index (κ3) is 2.21. The van der Waals surface area contributed by atoms with E-state index in [4.69, 9.17) is 11.6 Å². The molecule has 0 unspecified atom stereocenters. The lowest BCUT2D eigenvalue weighted by molar-refractivity contribution is -0.347. The summed E-state index contributed by atoms with van der Waals surface area (Å²) in [6, 6.07) is 2.06. The quantitative estimate of drug-likeness (QED) is 0.717. The molecule has 0 fully saturated rings. The van der Waals surface area contributed by atoms with E-state index in [9.17, 15) is 0 Å². The number of fused-ring (bicyclic) bond motifs is 1. The van der Waals surface area contributed by atoms with Crippen LogP contribution >= 0.6 is 38.9 Å². The minimum atomic E-state index is 0.213. The number of nitrogens with zero attached hydrogens (tertiary/aromatic N) is 2. The molecular formula is C10H8BrClN5S+. The van der Waals surface area contributed by atoms with Gasteiger partial charge in [0.15, 0.2) is 12.1 Å². The van der Waals surface area contributed by atoms with Crippen LogP contribution in [0.25, 0.3) is 11.2 Å². The highest BCUT2D eigenvalue weighted by atomic mass is 79.9. The molecule has 3 heterocycles. The lowest BCUT2D eigenvalue weighted by atomic mass is 10.3. The molecule has 3 rings (SSSR count). The van der Waals surface area contributed by atoms with E-state index in [-0.39, 0.29) is 5.28 Å². The van der Waals surface area contributed by atoms with Gasteiger partial charge in [0.1, 0.15) is 0 Å². The van der Waals surface area contributed by atoms with Crippen LogP contribution < -0.4 is 10.3 Å². The Balaban J connectivity index is 1.90. The Morgan fingerprint density at radius 3 is 3.17 bits per heavy atom. The van der Waals surface area contributed by atoms with Crippen molar-refractivity contribution in [3.05, 3.63) is 32.4 Å². The van der Waals surface area contributed by atoms with Crippen molar-refractivity contribution in [3.8, 4) is 0 Å². The first kappa shape index (κ1) is 11.9. The van der Waals surface area contributed by atoms with Gasteiger partial charge in [-0.3, -0.25) is 4.98 Å². The first-order valence-electron chi connectivity index (χ1n) is 5.12. The number of H-pyrrole nitrogens is 2. The van der Waals surface area contributed by atoms with Crippen LogP contribution in [-0.4, -0.2) is 15.0 Å². The minimum Gasteiger partial charge on any atom is -0.363 e. The van der Waals surface area contributed by atoms with Crippen molar-refractivity contribution in [1.82, 2.24) is 15.0 Å². The Labute approximate surface area is 120 Å². The third-order valence-corrected chi connectivity index (χ3v) is 4.43. The van der Waals surface area contributed by atoms with E-state index in [0.29, 0.717) is 18.0 Å². The summed E-state index contributed by atoms with van der Waals surface area (Å²) in [5.41, 5.74) is 2.67. The molecule has 92 valence electrons. The van der Waals surface area contributed by atoms with E-state index < -0.39 is 0 Å². The van der Waals surface area contributed by atoms with Crippen molar-refractivity contribution in [2.75, 3.05) is 5.32 Å². The zero-order chi connectivity index (χ0) is 12.5. The van der Waals surface area contributed by atoms with Crippen LogP contribution in [0.2, 0.25) is 5.28 Å². The number of hydrogen-bond donors (Lipinski definition) is 2. The van der Waals surface area contributed by atoms with E-state index in [1.807, 2.05) is 5.38 Å². The largest absolute Gasteiger partial charge is 0.363 e. The number of aromatic nitrogens is 4. The summed E-state index contributed by atoms with van der Waals surface area (Å²) in [5.74, 6) is 0.685. The fourth-order valence-corrected chi connectivity index (χ4v) is 3.01. The Kier molecular flexibility index (Phi) is 3.19. The smallest absolute Gasteiger partial charge is 0.306 e. The first-order chi connectivity index (χ1) is 8.74. The Morgan fingerprint density at radius 1 is 1.50 bits per heavy atom. The Hall–Kier alpha value is -1.18. The third-order valence-electron chi connectivity index (χ3n) is 2.45. The molecule has 0 aromatic carbocycles. The fraction of sp³-hybridized carbons (Fsp3) is 0.100. The van der Waals surface area contributed by atoms with Gasteiger partial charge in [-0.2, -0.15) is 4.98 Å². The number of nitrogens with one attached hydrogen (secondary N) is 3. The van der Waals surface area contributed by atoms with Crippen LogP contribution in [-0.2, 0) is 6.54 Å². The summed E-state index contributed by atoms with van der Waals surface area (Å²) in [6.07, 6.45) is 1.70. The van der Waals surface area contributed by atoms with Crippen molar-refractivity contribution >= 4 is 55.8 Å². The lowest BCUT2D eigenvalue weighted by Gasteiger charge is -2.03. The van der Waals surface area contributed by atoms with E-state index in [2.05, 4.69) is 47.2 Å². The molecule has 3 aromatic heterocycles. The van der Waals surface area contributed by atoms with Crippen LogP contribution in [0, 0.1) is 0 Å². The molecule has 0 amide bonds. The molecule has 3 aromatic rings. The molecule has 0 aliphatic heterocycles. The monoisotopic (exact) mass is 344 g/mol. The van der Waals surface area contributed by atoms with Crippen LogP contribution in [0.5, 0.6) is 0 Å². The maximum Gasteiger partial charge on any atom is 0.306 e. The number of thiophene rings is 1. The fourth-order valence-electron chi connectivity index (χ4n) is 1.60. The van der Waals surface area contributed by atoms with Gasteiger partial charge in [0.05, 0.1) is 3.79 Å². The molecule has 18 heavy (non-hydrogen) atoms. The average Bonchev–Trinajstić information content (AvgIpc) is 2.94. The molecule has 5 nitrogen and oxygen atoms in total. The Morgan fingerprint density at radius 2 is 2.39 bits per heavy atom. The second-order valence-electron chi connectivity index (χ2n) is 3.57. The highest BCUT2D eigenvalue weighted by Gasteiger charge is 2.14. The maximum atomic E-state index is 5.87. The Bertz CT molecular complexity index is 694. The molecule has 0 atom stereocenters. The molecule has 0 bridgehead atoms. The van der Waals surface area contributed by atoms with Crippen LogP contribution in [0.15, 0.2) is 21.6 Å². The van der Waals surface area contributed by atoms with Crippen LogP contribution in [0.3, 0.4) is 0 Å². The van der Waals surface area contributed by atoms with Crippen molar-refractivity contribution < 1.29 is 4.98 Å². The molecule has 3 N–H and O–H groups in total. The predicted molar refractivity (Wildman–Crippen MR) is 74.8 cm³/mol. The lowest BCUT2D eigenvalue weighted by Crippen LogP contribution is -2.05. The van der Waals surface area contributed by atoms with Gasteiger partial charge in [0, 0.05) is 6.54 Å². The second-order valence-corrected chi connectivity index (χ2v) is 6.14. The SMILES string of the molecule is Clc1nc(NCc2ccsc2Br)c2[nH]c[nH+]c2n1. The van der Waals surface area contributed by atoms with Gasteiger partial charge in [-0.05, 0) is 44.5 Å². The summed E-state index contributed by atoms with van der Waals surface area (Å²) in [7, 11) is 0. The van der Waals surface area contributed by atoms with Crippen LogP contribution in [0.4, 0.5) is 5.82 Å². The number of rotatable bonds is 3.